The van der Waals surface area contributed by atoms with Crippen molar-refractivity contribution in [3.05, 3.63) is 71.3 Å². The van der Waals surface area contributed by atoms with Crippen LogP contribution in [0.3, 0.4) is 0 Å². The van der Waals surface area contributed by atoms with E-state index in [-0.39, 0.29) is 12.4 Å². The molecule has 36 heavy (non-hydrogen) atoms. The molecular weight excluding hydrogens is 464 g/mol. The predicted molar refractivity (Wildman–Crippen MR) is 129 cm³/mol. The molecule has 4 aromatic rings. The summed E-state index contributed by atoms with van der Waals surface area (Å²) in [5.74, 6) is 0.909. The summed E-state index contributed by atoms with van der Waals surface area (Å²) in [5, 5.41) is 14.9. The van der Waals surface area contributed by atoms with Crippen LogP contribution in [0.1, 0.15) is 30.9 Å². The van der Waals surface area contributed by atoms with Gasteiger partial charge in [0.25, 0.3) is 0 Å². The number of aromatic nitrogens is 4. The molecule has 0 radical (unpaired) electrons. The van der Waals surface area contributed by atoms with Gasteiger partial charge in [-0.2, -0.15) is 0 Å². The lowest BCUT2D eigenvalue weighted by atomic mass is 9.83. The maximum atomic E-state index is 13.2. The van der Waals surface area contributed by atoms with E-state index < -0.39 is 11.9 Å². The number of rotatable bonds is 6. The highest BCUT2D eigenvalue weighted by Gasteiger charge is 2.38. The van der Waals surface area contributed by atoms with Crippen LogP contribution in [-0.4, -0.2) is 51.5 Å². The summed E-state index contributed by atoms with van der Waals surface area (Å²) < 4.78 is 23.8. The largest absolute Gasteiger partial charge is 0.507 e. The number of phenols is 1. The summed E-state index contributed by atoms with van der Waals surface area (Å²) >= 11 is 0. The van der Waals surface area contributed by atoms with Gasteiger partial charge in [-0.05, 0) is 43.7 Å². The predicted octanol–water partition coefficient (Wildman–Crippen LogP) is 3.88. The maximum Gasteiger partial charge on any atom is 0.338 e. The topological polar surface area (TPSA) is 117 Å². The van der Waals surface area contributed by atoms with Crippen molar-refractivity contribution >= 4 is 11.6 Å². The first-order valence-corrected chi connectivity index (χ1v) is 11.3. The van der Waals surface area contributed by atoms with Crippen LogP contribution in [0.25, 0.3) is 17.0 Å². The quantitative estimate of drug-likeness (QED) is 0.404. The molecule has 0 fully saturated rings. The fourth-order valence-corrected chi connectivity index (χ4v) is 4.35. The molecule has 184 valence electrons. The summed E-state index contributed by atoms with van der Waals surface area (Å²) in [6.45, 7) is 3.64. The summed E-state index contributed by atoms with van der Waals surface area (Å²) in [6, 6.07) is 12.2. The van der Waals surface area contributed by atoms with Gasteiger partial charge in [-0.25, -0.2) is 19.3 Å². The highest BCUT2D eigenvalue weighted by molar-refractivity contribution is 5.93. The van der Waals surface area contributed by atoms with Gasteiger partial charge in [0.05, 0.1) is 43.4 Å². The van der Waals surface area contributed by atoms with E-state index in [2.05, 4.69) is 10.1 Å². The number of aromatic hydroxyl groups is 1. The van der Waals surface area contributed by atoms with E-state index >= 15 is 0 Å². The van der Waals surface area contributed by atoms with E-state index in [0.717, 1.165) is 5.56 Å². The van der Waals surface area contributed by atoms with E-state index in [0.29, 0.717) is 51.3 Å². The Hall–Kier alpha value is -4.60. The molecule has 10 nitrogen and oxygen atoms in total. The molecule has 3 heterocycles. The molecule has 5 rings (SSSR count). The molecule has 0 saturated heterocycles. The standard InChI is InChI=1S/C26H24N4O6/c1-5-35-26(32)20-14(2)36-25-22(21(20)15-10-11-18(33-3)19(12-15)34-4)24-28-23(29-30(24)13-27-25)16-8-6-7-9-17(16)31/h6-13,21,31H,5H2,1-4H3/t21-/m0/s1. The molecule has 1 aliphatic heterocycles. The number of ether oxygens (including phenoxy) is 4. The maximum absolute atomic E-state index is 13.2. The summed E-state index contributed by atoms with van der Waals surface area (Å²) in [7, 11) is 3.10. The SMILES string of the molecule is CCOC(=O)C1=C(C)Oc2ncn3nc(-c4ccccc4O)nc3c2[C@H]1c1ccc(OC)c(OC)c1. The normalized spacial score (nSPS) is 14.8. The molecule has 0 saturated carbocycles. The van der Waals surface area contributed by atoms with E-state index in [9.17, 15) is 9.90 Å². The van der Waals surface area contributed by atoms with Crippen LogP contribution in [0.4, 0.5) is 0 Å². The van der Waals surface area contributed by atoms with Crippen molar-refractivity contribution in [2.24, 2.45) is 0 Å². The average molecular weight is 489 g/mol. The van der Waals surface area contributed by atoms with Gasteiger partial charge in [0, 0.05) is 0 Å². The molecule has 1 aliphatic rings. The number of nitrogens with zero attached hydrogens (tertiary/aromatic N) is 4. The van der Waals surface area contributed by atoms with Gasteiger partial charge < -0.3 is 24.1 Å². The van der Waals surface area contributed by atoms with Crippen LogP contribution >= 0.6 is 0 Å². The van der Waals surface area contributed by atoms with Crippen LogP contribution < -0.4 is 14.2 Å². The lowest BCUT2D eigenvalue weighted by Gasteiger charge is -2.28. The molecule has 1 N–H and O–H groups in total. The Morgan fingerprint density at radius 1 is 1.14 bits per heavy atom. The number of hydrogen-bond donors (Lipinski definition) is 1. The fraction of sp³-hybridized carbons (Fsp3) is 0.231. The van der Waals surface area contributed by atoms with Gasteiger partial charge in [-0.15, -0.1) is 5.10 Å². The summed E-state index contributed by atoms with van der Waals surface area (Å²) in [6.07, 6.45) is 1.49. The highest BCUT2D eigenvalue weighted by Crippen LogP contribution is 2.46. The van der Waals surface area contributed by atoms with E-state index in [4.69, 9.17) is 23.9 Å². The first-order chi connectivity index (χ1) is 17.5. The lowest BCUT2D eigenvalue weighted by molar-refractivity contribution is -0.139. The lowest BCUT2D eigenvalue weighted by Crippen LogP contribution is -2.24. The zero-order valence-electron chi connectivity index (χ0n) is 20.2. The van der Waals surface area contributed by atoms with Crippen LogP contribution in [0, 0.1) is 0 Å². The molecule has 10 heteroatoms. The Morgan fingerprint density at radius 2 is 1.92 bits per heavy atom. The second-order valence-electron chi connectivity index (χ2n) is 8.02. The number of benzene rings is 2. The van der Waals surface area contributed by atoms with Crippen molar-refractivity contribution in [3.63, 3.8) is 0 Å². The number of phenolic OH excluding ortho intramolecular Hbond substituents is 1. The number of fused-ring (bicyclic) bond motifs is 3. The van der Waals surface area contributed by atoms with Crippen LogP contribution in [0.2, 0.25) is 0 Å². The fourth-order valence-electron chi connectivity index (χ4n) is 4.35. The summed E-state index contributed by atoms with van der Waals surface area (Å²) in [5.41, 5.74) is 2.46. The minimum atomic E-state index is -0.648. The molecule has 1 atom stereocenters. The number of carbonyl (C=O) groups excluding carboxylic acids is 1. The first-order valence-electron chi connectivity index (χ1n) is 11.3. The number of carbonyl (C=O) groups is 1. The van der Waals surface area contributed by atoms with Crippen LogP contribution in [-0.2, 0) is 9.53 Å². The Kier molecular flexibility index (Phi) is 5.93. The van der Waals surface area contributed by atoms with Crippen molar-refractivity contribution in [1.82, 2.24) is 19.6 Å². The van der Waals surface area contributed by atoms with Gasteiger partial charge >= 0.3 is 5.97 Å². The zero-order valence-corrected chi connectivity index (χ0v) is 20.2. The van der Waals surface area contributed by atoms with Gasteiger partial charge in [0.1, 0.15) is 17.8 Å². The smallest absolute Gasteiger partial charge is 0.338 e. The number of para-hydroxylation sites is 1. The molecule has 0 aliphatic carbocycles. The summed E-state index contributed by atoms with van der Waals surface area (Å²) in [4.78, 5) is 22.3. The van der Waals surface area contributed by atoms with Gasteiger partial charge in [-0.3, -0.25) is 0 Å². The zero-order chi connectivity index (χ0) is 25.4. The average Bonchev–Trinajstić information content (AvgIpc) is 3.32. The van der Waals surface area contributed by atoms with Crippen LogP contribution in [0.5, 0.6) is 23.1 Å². The van der Waals surface area contributed by atoms with Crippen molar-refractivity contribution < 1.29 is 28.8 Å². The molecule has 2 aromatic carbocycles. The second kappa shape index (κ2) is 9.21. The van der Waals surface area contributed by atoms with Gasteiger partial charge in [0.15, 0.2) is 23.0 Å². The van der Waals surface area contributed by atoms with E-state index in [1.165, 1.54) is 10.8 Å². The Labute approximate surface area is 206 Å². The van der Waals surface area contributed by atoms with Crippen LogP contribution in [0.15, 0.2) is 60.1 Å². The van der Waals surface area contributed by atoms with E-state index in [1.807, 2.05) is 6.07 Å². The third-order valence-electron chi connectivity index (χ3n) is 5.97. The molecule has 0 bridgehead atoms. The number of methoxy groups -OCH3 is 2. The molecule has 2 aromatic heterocycles. The van der Waals surface area contributed by atoms with Crippen molar-refractivity contribution in [1.29, 1.82) is 0 Å². The number of allylic oxidation sites excluding steroid dienone is 1. The monoisotopic (exact) mass is 488 g/mol. The number of hydrogen-bond acceptors (Lipinski definition) is 9. The Bertz CT molecular complexity index is 1510. The molecule has 0 amide bonds. The van der Waals surface area contributed by atoms with Gasteiger partial charge in [0.2, 0.25) is 5.88 Å². The number of esters is 1. The van der Waals surface area contributed by atoms with Crippen molar-refractivity contribution in [3.8, 4) is 34.5 Å². The Balaban J connectivity index is 1.77. The Morgan fingerprint density at radius 3 is 2.64 bits per heavy atom. The van der Waals surface area contributed by atoms with E-state index in [1.54, 1.807) is 64.5 Å². The molecule has 0 spiro atoms. The molecular formula is C26H24N4O6. The minimum absolute atomic E-state index is 0.0471. The third-order valence-corrected chi connectivity index (χ3v) is 5.97. The molecule has 0 unspecified atom stereocenters. The second-order valence-corrected chi connectivity index (χ2v) is 8.02. The van der Waals surface area contributed by atoms with Crippen molar-refractivity contribution in [2.75, 3.05) is 20.8 Å². The van der Waals surface area contributed by atoms with Crippen molar-refractivity contribution in [2.45, 2.75) is 19.8 Å². The van der Waals surface area contributed by atoms with Gasteiger partial charge in [-0.1, -0.05) is 18.2 Å². The first kappa shape index (κ1) is 23.2. The minimum Gasteiger partial charge on any atom is -0.507 e. The highest BCUT2D eigenvalue weighted by atomic mass is 16.5. The third kappa shape index (κ3) is 3.76.